The molecule has 1 saturated carbocycles. The molecular formula is C13H16N4O3S. The van der Waals surface area contributed by atoms with Gasteiger partial charge in [0.25, 0.3) is 5.16 Å². The summed E-state index contributed by atoms with van der Waals surface area (Å²) in [6.07, 6.45) is 1.69. The maximum Gasteiger partial charge on any atom is 0.272 e. The number of nitrogens with zero attached hydrogens (tertiary/aromatic N) is 4. The molecule has 1 fully saturated rings. The van der Waals surface area contributed by atoms with Gasteiger partial charge in [-0.25, -0.2) is 8.42 Å². The number of hydrogen-bond donors (Lipinski definition) is 1. The van der Waals surface area contributed by atoms with Gasteiger partial charge in [-0.1, -0.05) is 23.3 Å². The van der Waals surface area contributed by atoms with Crippen LogP contribution in [0, 0.1) is 11.8 Å². The SMILES string of the molecule is O=S(=O)(C[C@@H]1CC[C@H]1CO)c1nnnn1-c1ccccc1. The number of hydrogen-bond acceptors (Lipinski definition) is 6. The van der Waals surface area contributed by atoms with Crippen molar-refractivity contribution < 1.29 is 13.5 Å². The van der Waals surface area contributed by atoms with Crippen LogP contribution in [0.1, 0.15) is 12.8 Å². The van der Waals surface area contributed by atoms with Crippen LogP contribution in [0.25, 0.3) is 5.69 Å². The molecule has 1 aliphatic rings. The van der Waals surface area contributed by atoms with Gasteiger partial charge in [0.1, 0.15) is 0 Å². The Morgan fingerprint density at radius 1 is 1.19 bits per heavy atom. The average Bonchev–Trinajstić information content (AvgIpc) is 2.96. The Hall–Kier alpha value is -1.80. The van der Waals surface area contributed by atoms with Gasteiger partial charge in [-0.3, -0.25) is 0 Å². The molecule has 8 heteroatoms. The van der Waals surface area contributed by atoms with E-state index in [1.807, 2.05) is 6.07 Å². The first kappa shape index (κ1) is 14.2. The van der Waals surface area contributed by atoms with Crippen LogP contribution < -0.4 is 0 Å². The van der Waals surface area contributed by atoms with Gasteiger partial charge < -0.3 is 5.11 Å². The highest BCUT2D eigenvalue weighted by Gasteiger charge is 2.36. The summed E-state index contributed by atoms with van der Waals surface area (Å²) < 4.78 is 26.3. The second-order valence-electron chi connectivity index (χ2n) is 5.27. The predicted molar refractivity (Wildman–Crippen MR) is 74.5 cm³/mol. The number of tetrazole rings is 1. The number of benzene rings is 1. The van der Waals surface area contributed by atoms with E-state index in [0.29, 0.717) is 5.69 Å². The molecule has 0 bridgehead atoms. The van der Waals surface area contributed by atoms with E-state index in [1.165, 1.54) is 4.68 Å². The standard InChI is InChI=1S/C13H16N4O3S/c18-8-10-6-7-11(10)9-21(19,20)13-14-15-16-17(13)12-4-2-1-3-5-12/h1-5,10-11,18H,6-9H2/t10-,11-/m0/s1. The summed E-state index contributed by atoms with van der Waals surface area (Å²) in [7, 11) is -3.58. The van der Waals surface area contributed by atoms with Crippen molar-refractivity contribution >= 4 is 9.84 Å². The minimum atomic E-state index is -3.58. The zero-order chi connectivity index (χ0) is 14.9. The number of rotatable bonds is 5. The van der Waals surface area contributed by atoms with E-state index in [9.17, 15) is 13.5 Å². The first-order valence-corrected chi connectivity index (χ1v) is 8.44. The Morgan fingerprint density at radius 3 is 2.52 bits per heavy atom. The van der Waals surface area contributed by atoms with Crippen molar-refractivity contribution in [3.8, 4) is 5.69 Å². The van der Waals surface area contributed by atoms with Crippen molar-refractivity contribution in [3.63, 3.8) is 0 Å². The Kier molecular flexibility index (Phi) is 3.73. The van der Waals surface area contributed by atoms with Crippen LogP contribution in [-0.4, -0.2) is 46.1 Å². The fourth-order valence-electron chi connectivity index (χ4n) is 2.56. The van der Waals surface area contributed by atoms with E-state index in [1.54, 1.807) is 24.3 Å². The number of aliphatic hydroxyl groups is 1. The van der Waals surface area contributed by atoms with Crippen LogP contribution in [0.5, 0.6) is 0 Å². The zero-order valence-corrected chi connectivity index (χ0v) is 12.1. The summed E-state index contributed by atoms with van der Waals surface area (Å²) in [5.41, 5.74) is 0.605. The Morgan fingerprint density at radius 2 is 1.90 bits per heavy atom. The summed E-state index contributed by atoms with van der Waals surface area (Å²) in [5.74, 6) is 0.0348. The molecule has 0 saturated heterocycles. The summed E-state index contributed by atoms with van der Waals surface area (Å²) in [4.78, 5) is 0. The summed E-state index contributed by atoms with van der Waals surface area (Å²) in [6, 6.07) is 8.91. The normalized spacial score (nSPS) is 22.0. The second kappa shape index (κ2) is 5.53. The van der Waals surface area contributed by atoms with Crippen molar-refractivity contribution in [3.05, 3.63) is 30.3 Å². The number of aliphatic hydroxyl groups excluding tert-OH is 1. The third-order valence-electron chi connectivity index (χ3n) is 3.96. The van der Waals surface area contributed by atoms with Crippen molar-refractivity contribution in [2.24, 2.45) is 11.8 Å². The highest BCUT2D eigenvalue weighted by atomic mass is 32.2. The lowest BCUT2D eigenvalue weighted by Gasteiger charge is -2.34. The third kappa shape index (κ3) is 2.68. The largest absolute Gasteiger partial charge is 0.396 e. The van der Waals surface area contributed by atoms with Crippen molar-refractivity contribution in [2.75, 3.05) is 12.4 Å². The Balaban J connectivity index is 1.89. The lowest BCUT2D eigenvalue weighted by atomic mass is 9.75. The van der Waals surface area contributed by atoms with E-state index in [2.05, 4.69) is 15.5 Å². The minimum absolute atomic E-state index is 0.0130. The monoisotopic (exact) mass is 308 g/mol. The summed E-state index contributed by atoms with van der Waals surface area (Å²) in [5, 5.41) is 20.0. The third-order valence-corrected chi connectivity index (χ3v) is 5.64. The van der Waals surface area contributed by atoms with Crippen LogP contribution in [0.4, 0.5) is 0 Å². The maximum absolute atomic E-state index is 12.5. The fourth-order valence-corrected chi connectivity index (χ4v) is 4.28. The van der Waals surface area contributed by atoms with Crippen LogP contribution >= 0.6 is 0 Å². The highest BCUT2D eigenvalue weighted by Crippen LogP contribution is 2.35. The van der Waals surface area contributed by atoms with Gasteiger partial charge in [0.05, 0.1) is 11.4 Å². The topological polar surface area (TPSA) is 98.0 Å². The number of aromatic nitrogens is 4. The van der Waals surface area contributed by atoms with E-state index in [0.717, 1.165) is 12.8 Å². The van der Waals surface area contributed by atoms with Gasteiger partial charge >= 0.3 is 0 Å². The zero-order valence-electron chi connectivity index (χ0n) is 11.3. The highest BCUT2D eigenvalue weighted by molar-refractivity contribution is 7.91. The van der Waals surface area contributed by atoms with Gasteiger partial charge in [-0.15, -0.1) is 0 Å². The molecule has 1 aliphatic carbocycles. The molecule has 112 valence electrons. The molecule has 0 spiro atoms. The molecule has 7 nitrogen and oxygen atoms in total. The van der Waals surface area contributed by atoms with Crippen LogP contribution in [0.15, 0.2) is 35.5 Å². The first-order valence-electron chi connectivity index (χ1n) is 6.79. The molecule has 1 N–H and O–H groups in total. The molecule has 1 aromatic carbocycles. The smallest absolute Gasteiger partial charge is 0.272 e. The maximum atomic E-state index is 12.5. The van der Waals surface area contributed by atoms with Crippen molar-refractivity contribution in [1.29, 1.82) is 0 Å². The van der Waals surface area contributed by atoms with E-state index in [4.69, 9.17) is 0 Å². The predicted octanol–water partition coefficient (Wildman–Crippen LogP) is 0.454. The van der Waals surface area contributed by atoms with Crippen LogP contribution in [0.3, 0.4) is 0 Å². The molecule has 1 aromatic heterocycles. The van der Waals surface area contributed by atoms with Gasteiger partial charge in [-0.05, 0) is 47.2 Å². The van der Waals surface area contributed by atoms with Crippen molar-refractivity contribution in [1.82, 2.24) is 20.2 Å². The van der Waals surface area contributed by atoms with E-state index in [-0.39, 0.29) is 29.4 Å². The molecule has 21 heavy (non-hydrogen) atoms. The lowest BCUT2D eigenvalue weighted by Crippen LogP contribution is -2.35. The van der Waals surface area contributed by atoms with E-state index < -0.39 is 9.84 Å². The molecule has 0 aliphatic heterocycles. The Bertz CT molecular complexity index is 712. The molecule has 0 amide bonds. The van der Waals surface area contributed by atoms with Crippen LogP contribution in [0.2, 0.25) is 0 Å². The number of sulfone groups is 1. The van der Waals surface area contributed by atoms with E-state index >= 15 is 0 Å². The quantitative estimate of drug-likeness (QED) is 0.861. The van der Waals surface area contributed by atoms with Gasteiger partial charge in [0, 0.05) is 6.61 Å². The molecule has 0 unspecified atom stereocenters. The average molecular weight is 308 g/mol. The van der Waals surface area contributed by atoms with Crippen LogP contribution in [-0.2, 0) is 9.84 Å². The Labute approximate surface area is 122 Å². The summed E-state index contributed by atoms with van der Waals surface area (Å²) in [6.45, 7) is 0.0316. The fraction of sp³-hybridized carbons (Fsp3) is 0.462. The first-order chi connectivity index (χ1) is 10.1. The molecular weight excluding hydrogens is 292 g/mol. The van der Waals surface area contributed by atoms with Gasteiger partial charge in [-0.2, -0.15) is 4.68 Å². The minimum Gasteiger partial charge on any atom is -0.396 e. The van der Waals surface area contributed by atoms with Gasteiger partial charge in [0.15, 0.2) is 0 Å². The molecule has 2 atom stereocenters. The molecule has 2 aromatic rings. The van der Waals surface area contributed by atoms with Crippen molar-refractivity contribution in [2.45, 2.75) is 18.0 Å². The molecule has 3 rings (SSSR count). The molecule has 0 radical (unpaired) electrons. The lowest BCUT2D eigenvalue weighted by molar-refractivity contribution is 0.105. The summed E-state index contributed by atoms with van der Waals surface area (Å²) >= 11 is 0. The number of para-hydroxylation sites is 1. The second-order valence-corrected chi connectivity index (χ2v) is 7.20. The van der Waals surface area contributed by atoms with Gasteiger partial charge in [0.2, 0.25) is 9.84 Å². The molecule has 1 heterocycles.